The minimum atomic E-state index is -0.645. The Morgan fingerprint density at radius 1 is 1.07 bits per heavy atom. The number of ether oxygens (including phenoxy) is 1. The van der Waals surface area contributed by atoms with Crippen LogP contribution in [0.15, 0.2) is 30.3 Å². The first-order chi connectivity index (χ1) is 14.2. The van der Waals surface area contributed by atoms with Gasteiger partial charge < -0.3 is 19.9 Å². The van der Waals surface area contributed by atoms with Crippen LogP contribution in [0.4, 0.5) is 0 Å². The summed E-state index contributed by atoms with van der Waals surface area (Å²) in [6, 6.07) is 9.74. The zero-order valence-electron chi connectivity index (χ0n) is 17.2. The summed E-state index contributed by atoms with van der Waals surface area (Å²) in [6.45, 7) is 4.02. The molecule has 1 aliphatic carbocycles. The fraction of sp³-hybridized carbons (Fsp3) is 0.652. The van der Waals surface area contributed by atoms with Crippen LogP contribution in [0.3, 0.4) is 0 Å². The monoisotopic (exact) mass is 399 g/mol. The number of benzene rings is 1. The number of morpholine rings is 1. The molecule has 1 aromatic carbocycles. The van der Waals surface area contributed by atoms with Gasteiger partial charge in [0.05, 0.1) is 6.04 Å². The summed E-state index contributed by atoms with van der Waals surface area (Å²) in [6.07, 6.45) is 7.57. The predicted octanol–water partition coefficient (Wildman–Crippen LogP) is 2.50. The molecule has 2 atom stereocenters. The number of nitrogens with one attached hydrogen (secondary N) is 1. The van der Waals surface area contributed by atoms with Crippen LogP contribution in [0, 0.1) is 0 Å². The predicted molar refractivity (Wildman–Crippen MR) is 111 cm³/mol. The minimum Gasteiger partial charge on any atom is -0.356 e. The Hall–Kier alpha value is -1.92. The van der Waals surface area contributed by atoms with Crippen molar-refractivity contribution < 1.29 is 14.3 Å². The molecule has 1 N–H and O–H groups in total. The third-order valence-electron chi connectivity index (χ3n) is 6.25. The summed E-state index contributed by atoms with van der Waals surface area (Å²) < 4.78 is 5.78. The molecule has 2 saturated heterocycles. The van der Waals surface area contributed by atoms with E-state index in [2.05, 4.69) is 10.2 Å². The topological polar surface area (TPSA) is 61.9 Å². The molecule has 3 aliphatic rings. The molecular weight excluding hydrogens is 366 g/mol. The molecule has 6 nitrogen and oxygen atoms in total. The summed E-state index contributed by atoms with van der Waals surface area (Å²) in [5.41, 5.74) is 0.970. The molecule has 0 unspecified atom stereocenters. The number of likely N-dealkylation sites (tertiary alicyclic amines) is 1. The van der Waals surface area contributed by atoms with Gasteiger partial charge in [0.2, 0.25) is 5.91 Å². The zero-order valence-corrected chi connectivity index (χ0v) is 17.2. The van der Waals surface area contributed by atoms with Gasteiger partial charge in [0.25, 0.3) is 5.91 Å². The fourth-order valence-electron chi connectivity index (χ4n) is 4.59. The quantitative estimate of drug-likeness (QED) is 0.716. The number of hydrogen-bond acceptors (Lipinski definition) is 4. The van der Waals surface area contributed by atoms with E-state index in [-0.39, 0.29) is 30.5 Å². The molecule has 2 heterocycles. The van der Waals surface area contributed by atoms with Crippen LogP contribution in [0.5, 0.6) is 0 Å². The van der Waals surface area contributed by atoms with Crippen molar-refractivity contribution in [3.05, 3.63) is 35.9 Å². The maximum Gasteiger partial charge on any atom is 0.251 e. The molecule has 1 saturated carbocycles. The van der Waals surface area contributed by atoms with Gasteiger partial charge in [0.1, 0.15) is 6.61 Å². The van der Waals surface area contributed by atoms with Crippen molar-refractivity contribution >= 4 is 11.8 Å². The number of hydrogen-bond donors (Lipinski definition) is 1. The van der Waals surface area contributed by atoms with Crippen LogP contribution in [0.25, 0.3) is 0 Å². The van der Waals surface area contributed by atoms with Crippen molar-refractivity contribution in [2.45, 2.75) is 63.1 Å². The number of carbonyl (C=O) groups is 2. The second-order valence-electron chi connectivity index (χ2n) is 8.52. The first-order valence-electron chi connectivity index (χ1n) is 11.2. The minimum absolute atomic E-state index is 0.00781. The lowest BCUT2D eigenvalue weighted by Gasteiger charge is -2.40. The van der Waals surface area contributed by atoms with E-state index in [1.54, 1.807) is 0 Å². The maximum absolute atomic E-state index is 13.0. The SMILES string of the molecule is O=C(NCCCN1CCCCCC1)[C@@H]1OCC(=O)N(C2CC2)[C@H]1c1ccccc1. The molecule has 6 heteroatoms. The molecule has 3 fully saturated rings. The lowest BCUT2D eigenvalue weighted by molar-refractivity contribution is -0.165. The van der Waals surface area contributed by atoms with E-state index < -0.39 is 6.10 Å². The summed E-state index contributed by atoms with van der Waals surface area (Å²) in [5.74, 6) is -0.112. The van der Waals surface area contributed by atoms with Crippen LogP contribution in [0.1, 0.15) is 56.6 Å². The molecule has 0 aromatic heterocycles. The average molecular weight is 400 g/mol. The number of carbonyl (C=O) groups excluding carboxylic acids is 2. The third kappa shape index (κ3) is 5.17. The number of nitrogens with zero attached hydrogens (tertiary/aromatic N) is 2. The van der Waals surface area contributed by atoms with Crippen molar-refractivity contribution in [1.82, 2.24) is 15.1 Å². The van der Waals surface area contributed by atoms with Crippen molar-refractivity contribution in [1.29, 1.82) is 0 Å². The van der Waals surface area contributed by atoms with Crippen molar-refractivity contribution in [2.75, 3.05) is 32.8 Å². The average Bonchev–Trinajstić information content (AvgIpc) is 3.59. The Morgan fingerprint density at radius 2 is 1.79 bits per heavy atom. The molecule has 158 valence electrons. The van der Waals surface area contributed by atoms with E-state index in [1.165, 1.54) is 38.8 Å². The smallest absolute Gasteiger partial charge is 0.251 e. The molecule has 0 radical (unpaired) electrons. The Bertz CT molecular complexity index is 684. The molecule has 2 amide bonds. The van der Waals surface area contributed by atoms with Gasteiger partial charge in [-0.25, -0.2) is 0 Å². The van der Waals surface area contributed by atoms with Crippen molar-refractivity contribution in [3.63, 3.8) is 0 Å². The standard InChI is InChI=1S/C23H33N3O3/c27-20-17-29-22(21(26(20)19-11-12-19)18-9-4-3-5-10-18)23(28)24-13-8-16-25-14-6-1-2-7-15-25/h3-5,9-10,19,21-22H,1-2,6-8,11-17H2,(H,24,28)/t21-,22+/m0/s1. The van der Waals surface area contributed by atoms with E-state index in [0.717, 1.165) is 31.4 Å². The Kier molecular flexibility index (Phi) is 6.82. The second kappa shape index (κ2) is 9.72. The van der Waals surface area contributed by atoms with Gasteiger partial charge in [-0.1, -0.05) is 43.2 Å². The van der Waals surface area contributed by atoms with Gasteiger partial charge in [-0.2, -0.15) is 0 Å². The molecular formula is C23H33N3O3. The summed E-state index contributed by atoms with van der Waals surface area (Å²) >= 11 is 0. The highest BCUT2D eigenvalue weighted by Crippen LogP contribution is 2.39. The van der Waals surface area contributed by atoms with Gasteiger partial charge in [-0.15, -0.1) is 0 Å². The van der Waals surface area contributed by atoms with Crippen LogP contribution in [-0.2, 0) is 14.3 Å². The van der Waals surface area contributed by atoms with E-state index in [9.17, 15) is 9.59 Å². The van der Waals surface area contributed by atoms with E-state index in [1.807, 2.05) is 35.2 Å². The summed E-state index contributed by atoms with van der Waals surface area (Å²) in [4.78, 5) is 30.0. The van der Waals surface area contributed by atoms with Crippen LogP contribution in [0.2, 0.25) is 0 Å². The Labute approximate surface area is 173 Å². The maximum atomic E-state index is 13.0. The highest BCUT2D eigenvalue weighted by atomic mass is 16.5. The van der Waals surface area contributed by atoms with Gasteiger partial charge >= 0.3 is 0 Å². The number of rotatable bonds is 7. The van der Waals surface area contributed by atoms with E-state index in [0.29, 0.717) is 6.54 Å². The summed E-state index contributed by atoms with van der Waals surface area (Å²) in [7, 11) is 0. The number of amides is 2. The second-order valence-corrected chi connectivity index (χ2v) is 8.52. The third-order valence-corrected chi connectivity index (χ3v) is 6.25. The van der Waals surface area contributed by atoms with Gasteiger partial charge in [0.15, 0.2) is 6.10 Å². The Morgan fingerprint density at radius 3 is 2.48 bits per heavy atom. The van der Waals surface area contributed by atoms with Crippen molar-refractivity contribution in [3.8, 4) is 0 Å². The highest BCUT2D eigenvalue weighted by molar-refractivity contribution is 5.86. The normalized spacial score (nSPS) is 26.2. The van der Waals surface area contributed by atoms with Crippen molar-refractivity contribution in [2.24, 2.45) is 0 Å². The summed E-state index contributed by atoms with van der Waals surface area (Å²) in [5, 5.41) is 3.07. The fourth-order valence-corrected chi connectivity index (χ4v) is 4.59. The van der Waals surface area contributed by atoms with Gasteiger partial charge in [-0.3, -0.25) is 9.59 Å². The molecule has 4 rings (SSSR count). The first kappa shape index (κ1) is 20.4. The highest BCUT2D eigenvalue weighted by Gasteiger charge is 2.47. The Balaban J connectivity index is 1.36. The van der Waals surface area contributed by atoms with Crippen LogP contribution >= 0.6 is 0 Å². The van der Waals surface area contributed by atoms with Gasteiger partial charge in [0, 0.05) is 12.6 Å². The van der Waals surface area contributed by atoms with Gasteiger partial charge in [-0.05, 0) is 57.3 Å². The molecule has 2 aliphatic heterocycles. The first-order valence-corrected chi connectivity index (χ1v) is 11.2. The molecule has 0 bridgehead atoms. The molecule has 0 spiro atoms. The van der Waals surface area contributed by atoms with Crippen LogP contribution in [-0.4, -0.2) is 66.5 Å². The lowest BCUT2D eigenvalue weighted by atomic mass is 9.96. The van der Waals surface area contributed by atoms with Crippen LogP contribution < -0.4 is 5.32 Å². The zero-order chi connectivity index (χ0) is 20.1. The lowest BCUT2D eigenvalue weighted by Crippen LogP contribution is -2.55. The molecule has 1 aromatic rings. The van der Waals surface area contributed by atoms with E-state index >= 15 is 0 Å². The van der Waals surface area contributed by atoms with E-state index in [4.69, 9.17) is 4.74 Å². The largest absolute Gasteiger partial charge is 0.356 e. The molecule has 29 heavy (non-hydrogen) atoms.